The molecule has 20 heavy (non-hydrogen) atoms. The molecular formula is C16H16N4. The van der Waals surface area contributed by atoms with Gasteiger partial charge in [0, 0.05) is 11.8 Å². The largest absolute Gasteiger partial charge is 0.383 e. The van der Waals surface area contributed by atoms with Crippen molar-refractivity contribution in [2.75, 3.05) is 5.73 Å². The van der Waals surface area contributed by atoms with E-state index < -0.39 is 0 Å². The Morgan fingerprint density at radius 1 is 1.05 bits per heavy atom. The maximum Gasteiger partial charge on any atom is 0.155 e. The van der Waals surface area contributed by atoms with Crippen molar-refractivity contribution in [1.29, 1.82) is 0 Å². The lowest BCUT2D eigenvalue weighted by atomic mass is 10.0. The lowest BCUT2D eigenvalue weighted by molar-refractivity contribution is 0.824. The number of nitrogen functional groups attached to an aromatic ring is 1. The maximum atomic E-state index is 6.30. The summed E-state index contributed by atoms with van der Waals surface area (Å²) in [7, 11) is 0. The Kier molecular flexibility index (Phi) is 3.21. The first-order valence-corrected chi connectivity index (χ1v) is 6.65. The Bertz CT molecular complexity index is 702. The average Bonchev–Trinajstić information content (AvgIpc) is 2.86. The van der Waals surface area contributed by atoms with Crippen LogP contribution in [0.4, 0.5) is 5.82 Å². The standard InChI is InChI=1S/C16H16N4/c1-2-13-15(12-8-4-3-5-9-12)16(17)20(19-13)14-10-6-7-11-18-14/h3-11H,2,17H2,1H3. The van der Waals surface area contributed by atoms with Crippen LogP contribution in [0.2, 0.25) is 0 Å². The molecule has 0 atom stereocenters. The second-order valence-electron chi connectivity index (χ2n) is 4.53. The van der Waals surface area contributed by atoms with Crippen LogP contribution in [0.3, 0.4) is 0 Å². The molecule has 3 rings (SSSR count). The number of anilines is 1. The lowest BCUT2D eigenvalue weighted by Gasteiger charge is -2.04. The Labute approximate surface area is 117 Å². The summed E-state index contributed by atoms with van der Waals surface area (Å²) < 4.78 is 1.71. The highest BCUT2D eigenvalue weighted by Crippen LogP contribution is 2.31. The highest BCUT2D eigenvalue weighted by atomic mass is 15.3. The van der Waals surface area contributed by atoms with Gasteiger partial charge in [-0.2, -0.15) is 9.78 Å². The minimum Gasteiger partial charge on any atom is -0.383 e. The van der Waals surface area contributed by atoms with Gasteiger partial charge in [-0.15, -0.1) is 0 Å². The third-order valence-electron chi connectivity index (χ3n) is 3.26. The minimum atomic E-state index is 0.631. The van der Waals surface area contributed by atoms with Crippen molar-refractivity contribution < 1.29 is 0 Å². The van der Waals surface area contributed by atoms with Gasteiger partial charge in [-0.05, 0) is 24.1 Å². The van der Waals surface area contributed by atoms with Gasteiger partial charge in [0.2, 0.25) is 0 Å². The molecule has 4 nitrogen and oxygen atoms in total. The number of rotatable bonds is 3. The fourth-order valence-corrected chi connectivity index (χ4v) is 2.30. The van der Waals surface area contributed by atoms with Crippen LogP contribution in [-0.4, -0.2) is 14.8 Å². The van der Waals surface area contributed by atoms with Crippen LogP contribution in [0, 0.1) is 0 Å². The third-order valence-corrected chi connectivity index (χ3v) is 3.26. The van der Waals surface area contributed by atoms with Crippen LogP contribution < -0.4 is 5.73 Å². The smallest absolute Gasteiger partial charge is 0.155 e. The average molecular weight is 264 g/mol. The summed E-state index contributed by atoms with van der Waals surface area (Å²) in [6.07, 6.45) is 2.57. The highest BCUT2D eigenvalue weighted by Gasteiger charge is 2.17. The van der Waals surface area contributed by atoms with E-state index in [4.69, 9.17) is 5.73 Å². The van der Waals surface area contributed by atoms with Crippen LogP contribution in [0.5, 0.6) is 0 Å². The van der Waals surface area contributed by atoms with Gasteiger partial charge < -0.3 is 5.73 Å². The fourth-order valence-electron chi connectivity index (χ4n) is 2.30. The lowest BCUT2D eigenvalue weighted by Crippen LogP contribution is -2.04. The van der Waals surface area contributed by atoms with Crippen molar-refractivity contribution >= 4 is 5.82 Å². The van der Waals surface area contributed by atoms with Gasteiger partial charge in [-0.1, -0.05) is 43.3 Å². The fraction of sp³-hybridized carbons (Fsp3) is 0.125. The Hall–Kier alpha value is -2.62. The number of nitrogens with zero attached hydrogens (tertiary/aromatic N) is 3. The van der Waals surface area contributed by atoms with Crippen LogP contribution in [0.25, 0.3) is 16.9 Å². The number of aromatic nitrogens is 3. The zero-order chi connectivity index (χ0) is 13.9. The molecule has 0 radical (unpaired) electrons. The molecule has 3 aromatic rings. The molecule has 2 heterocycles. The van der Waals surface area contributed by atoms with Gasteiger partial charge >= 0.3 is 0 Å². The molecule has 0 saturated carbocycles. The quantitative estimate of drug-likeness (QED) is 0.791. The molecule has 0 aliphatic heterocycles. The topological polar surface area (TPSA) is 56.7 Å². The Morgan fingerprint density at radius 3 is 2.45 bits per heavy atom. The first-order valence-electron chi connectivity index (χ1n) is 6.65. The van der Waals surface area contributed by atoms with Crippen LogP contribution in [0.1, 0.15) is 12.6 Å². The summed E-state index contributed by atoms with van der Waals surface area (Å²) in [6, 6.07) is 15.8. The molecule has 0 aliphatic carbocycles. The van der Waals surface area contributed by atoms with E-state index in [1.807, 2.05) is 36.4 Å². The molecule has 4 heteroatoms. The van der Waals surface area contributed by atoms with Crippen LogP contribution in [-0.2, 0) is 6.42 Å². The number of benzene rings is 1. The predicted molar refractivity (Wildman–Crippen MR) is 80.6 cm³/mol. The second-order valence-corrected chi connectivity index (χ2v) is 4.53. The summed E-state index contributed by atoms with van der Waals surface area (Å²) in [5, 5.41) is 4.60. The zero-order valence-electron chi connectivity index (χ0n) is 11.3. The van der Waals surface area contributed by atoms with Gasteiger partial charge in [0.15, 0.2) is 5.82 Å². The van der Waals surface area contributed by atoms with Crippen LogP contribution >= 0.6 is 0 Å². The van der Waals surface area contributed by atoms with Crippen molar-refractivity contribution in [3.8, 4) is 16.9 Å². The predicted octanol–water partition coefficient (Wildman–Crippen LogP) is 3.08. The summed E-state index contributed by atoms with van der Waals surface area (Å²) in [5.74, 6) is 1.37. The van der Waals surface area contributed by atoms with Crippen molar-refractivity contribution in [3.05, 3.63) is 60.4 Å². The Morgan fingerprint density at radius 2 is 1.80 bits per heavy atom. The molecule has 0 unspecified atom stereocenters. The van der Waals surface area contributed by atoms with E-state index in [2.05, 4.69) is 29.1 Å². The summed E-state index contributed by atoms with van der Waals surface area (Å²) in [5.41, 5.74) is 9.38. The number of hydrogen-bond donors (Lipinski definition) is 1. The van der Waals surface area contributed by atoms with E-state index >= 15 is 0 Å². The SMILES string of the molecule is CCc1nn(-c2ccccn2)c(N)c1-c1ccccc1. The molecule has 0 bridgehead atoms. The van der Waals surface area contributed by atoms with Crippen molar-refractivity contribution in [2.24, 2.45) is 0 Å². The van der Waals surface area contributed by atoms with E-state index in [1.54, 1.807) is 10.9 Å². The van der Waals surface area contributed by atoms with Crippen LogP contribution in [0.15, 0.2) is 54.7 Å². The number of hydrogen-bond acceptors (Lipinski definition) is 3. The van der Waals surface area contributed by atoms with Gasteiger partial charge in [-0.3, -0.25) is 0 Å². The molecular weight excluding hydrogens is 248 g/mol. The van der Waals surface area contributed by atoms with E-state index in [9.17, 15) is 0 Å². The molecule has 100 valence electrons. The molecule has 0 fully saturated rings. The highest BCUT2D eigenvalue weighted by molar-refractivity contribution is 5.77. The number of pyridine rings is 1. The Balaban J connectivity index is 2.19. The second kappa shape index (κ2) is 5.17. The molecule has 0 spiro atoms. The summed E-state index contributed by atoms with van der Waals surface area (Å²) >= 11 is 0. The first-order chi connectivity index (χ1) is 9.81. The molecule has 0 amide bonds. The van der Waals surface area contributed by atoms with Gasteiger partial charge in [0.05, 0.1) is 5.69 Å². The molecule has 0 saturated heterocycles. The van der Waals surface area contributed by atoms with Gasteiger partial charge in [0.1, 0.15) is 5.82 Å². The first kappa shape index (κ1) is 12.4. The number of nitrogens with two attached hydrogens (primary N) is 1. The normalized spacial score (nSPS) is 10.7. The van der Waals surface area contributed by atoms with E-state index in [0.717, 1.165) is 29.1 Å². The summed E-state index contributed by atoms with van der Waals surface area (Å²) in [6.45, 7) is 2.08. The maximum absolute atomic E-state index is 6.30. The van der Waals surface area contributed by atoms with E-state index in [1.165, 1.54) is 0 Å². The molecule has 0 aliphatic rings. The van der Waals surface area contributed by atoms with Gasteiger partial charge in [0.25, 0.3) is 0 Å². The molecule has 2 aromatic heterocycles. The zero-order valence-corrected chi connectivity index (χ0v) is 11.3. The molecule has 1 aromatic carbocycles. The van der Waals surface area contributed by atoms with Crippen molar-refractivity contribution in [3.63, 3.8) is 0 Å². The van der Waals surface area contributed by atoms with E-state index in [0.29, 0.717) is 5.82 Å². The van der Waals surface area contributed by atoms with Crippen molar-refractivity contribution in [1.82, 2.24) is 14.8 Å². The molecule has 2 N–H and O–H groups in total. The minimum absolute atomic E-state index is 0.631. The summed E-state index contributed by atoms with van der Waals surface area (Å²) in [4.78, 5) is 4.31. The number of aryl methyl sites for hydroxylation is 1. The monoisotopic (exact) mass is 264 g/mol. The van der Waals surface area contributed by atoms with Crippen molar-refractivity contribution in [2.45, 2.75) is 13.3 Å². The third kappa shape index (κ3) is 2.05. The van der Waals surface area contributed by atoms with E-state index in [-0.39, 0.29) is 0 Å². The van der Waals surface area contributed by atoms with Gasteiger partial charge in [-0.25, -0.2) is 4.98 Å².